The number of unbranched alkanes of at least 4 members (excludes halogenated alkanes) is 1. The Morgan fingerprint density at radius 2 is 1.62 bits per heavy atom. The standard InChI is InChI=1S/C24H23ClN2OS/c25-19-12-14-21(15-13-19)29-18-24-26-22-10-4-5-11-23(22)27(24)16-6-7-17-28-20-8-2-1-3-9-20/h1-5,8-15H,6-7,16-18H2. The Morgan fingerprint density at radius 1 is 0.862 bits per heavy atom. The Morgan fingerprint density at radius 3 is 2.45 bits per heavy atom. The van der Waals surface area contributed by atoms with Crippen molar-refractivity contribution < 1.29 is 4.74 Å². The van der Waals surface area contributed by atoms with Gasteiger partial charge in [0.2, 0.25) is 0 Å². The second-order valence-corrected chi connectivity index (χ2v) is 8.26. The maximum absolute atomic E-state index is 5.99. The number of nitrogens with zero attached hydrogens (tertiary/aromatic N) is 2. The van der Waals surface area contributed by atoms with Crippen LogP contribution < -0.4 is 4.74 Å². The number of rotatable bonds is 9. The molecule has 4 rings (SSSR count). The number of aromatic nitrogens is 2. The largest absolute Gasteiger partial charge is 0.494 e. The van der Waals surface area contributed by atoms with Crippen LogP contribution in [0, 0.1) is 0 Å². The van der Waals surface area contributed by atoms with Crippen molar-refractivity contribution in [1.82, 2.24) is 9.55 Å². The van der Waals surface area contributed by atoms with E-state index in [9.17, 15) is 0 Å². The number of imidazole rings is 1. The van der Waals surface area contributed by atoms with Crippen LogP contribution in [0.5, 0.6) is 5.75 Å². The molecule has 0 bridgehead atoms. The van der Waals surface area contributed by atoms with Gasteiger partial charge in [-0.1, -0.05) is 41.9 Å². The third-order valence-electron chi connectivity index (χ3n) is 4.70. The quantitative estimate of drug-likeness (QED) is 0.218. The molecule has 3 nitrogen and oxygen atoms in total. The van der Waals surface area contributed by atoms with Gasteiger partial charge in [-0.15, -0.1) is 11.8 Å². The third-order valence-corrected chi connectivity index (χ3v) is 5.96. The normalized spacial score (nSPS) is 11.1. The minimum atomic E-state index is 0.728. The minimum Gasteiger partial charge on any atom is -0.494 e. The van der Waals surface area contributed by atoms with E-state index in [1.54, 1.807) is 11.8 Å². The van der Waals surface area contributed by atoms with Gasteiger partial charge < -0.3 is 9.30 Å². The van der Waals surface area contributed by atoms with Gasteiger partial charge in [0.15, 0.2) is 0 Å². The molecule has 0 unspecified atom stereocenters. The second-order valence-electron chi connectivity index (χ2n) is 6.78. The van der Waals surface area contributed by atoms with Crippen molar-refractivity contribution in [3.05, 3.63) is 89.7 Å². The summed E-state index contributed by atoms with van der Waals surface area (Å²) >= 11 is 7.78. The van der Waals surface area contributed by atoms with E-state index < -0.39 is 0 Å². The van der Waals surface area contributed by atoms with Gasteiger partial charge in [0, 0.05) is 16.5 Å². The van der Waals surface area contributed by atoms with Crippen molar-refractivity contribution >= 4 is 34.4 Å². The maximum atomic E-state index is 5.99. The number of aryl methyl sites for hydroxylation is 1. The van der Waals surface area contributed by atoms with Crippen LogP contribution in [0.15, 0.2) is 83.8 Å². The Kier molecular flexibility index (Phi) is 6.75. The first-order chi connectivity index (χ1) is 14.3. The molecule has 0 aliphatic carbocycles. The summed E-state index contributed by atoms with van der Waals surface area (Å²) in [7, 11) is 0. The highest BCUT2D eigenvalue weighted by Crippen LogP contribution is 2.26. The molecule has 0 aliphatic heterocycles. The number of fused-ring (bicyclic) bond motifs is 1. The molecule has 3 aromatic carbocycles. The third kappa shape index (κ3) is 5.34. The molecule has 0 saturated carbocycles. The summed E-state index contributed by atoms with van der Waals surface area (Å²) in [6.07, 6.45) is 2.05. The average molecular weight is 423 g/mol. The zero-order valence-corrected chi connectivity index (χ0v) is 17.7. The predicted molar refractivity (Wildman–Crippen MR) is 122 cm³/mol. The van der Waals surface area contributed by atoms with Crippen molar-refractivity contribution in [2.75, 3.05) is 6.61 Å². The molecular weight excluding hydrogens is 400 g/mol. The molecular formula is C24H23ClN2OS. The highest BCUT2D eigenvalue weighted by Gasteiger charge is 2.11. The minimum absolute atomic E-state index is 0.728. The first-order valence-corrected chi connectivity index (χ1v) is 11.2. The monoisotopic (exact) mass is 422 g/mol. The number of hydrogen-bond acceptors (Lipinski definition) is 3. The number of halogens is 1. The lowest BCUT2D eigenvalue weighted by atomic mass is 10.3. The molecule has 0 amide bonds. The van der Waals surface area contributed by atoms with Crippen molar-refractivity contribution in [2.45, 2.75) is 30.0 Å². The van der Waals surface area contributed by atoms with Crippen molar-refractivity contribution in [2.24, 2.45) is 0 Å². The molecule has 0 atom stereocenters. The lowest BCUT2D eigenvalue weighted by Crippen LogP contribution is -2.05. The van der Waals surface area contributed by atoms with Crippen LogP contribution in [0.1, 0.15) is 18.7 Å². The SMILES string of the molecule is Clc1ccc(SCc2nc3ccccc3n2CCCCOc2ccccc2)cc1. The summed E-state index contributed by atoms with van der Waals surface area (Å²) in [6, 6.07) is 26.3. The number of benzene rings is 3. The fourth-order valence-corrected chi connectivity index (χ4v) is 4.21. The zero-order valence-electron chi connectivity index (χ0n) is 16.1. The van der Waals surface area contributed by atoms with E-state index in [1.807, 2.05) is 48.5 Å². The van der Waals surface area contributed by atoms with E-state index in [0.717, 1.165) is 53.9 Å². The smallest absolute Gasteiger partial charge is 0.120 e. The molecule has 148 valence electrons. The van der Waals surface area contributed by atoms with Gasteiger partial charge in [0.25, 0.3) is 0 Å². The van der Waals surface area contributed by atoms with Crippen molar-refractivity contribution in [3.63, 3.8) is 0 Å². The van der Waals surface area contributed by atoms with Gasteiger partial charge in [-0.2, -0.15) is 0 Å². The summed E-state index contributed by atoms with van der Waals surface area (Å²) in [5.74, 6) is 2.87. The molecule has 29 heavy (non-hydrogen) atoms. The predicted octanol–water partition coefficient (Wildman–Crippen LogP) is 6.84. The topological polar surface area (TPSA) is 27.1 Å². The lowest BCUT2D eigenvalue weighted by molar-refractivity contribution is 0.303. The number of thioether (sulfide) groups is 1. The second kappa shape index (κ2) is 9.86. The van der Waals surface area contributed by atoms with Gasteiger partial charge in [0.1, 0.15) is 11.6 Å². The first kappa shape index (κ1) is 19.9. The molecule has 0 radical (unpaired) electrons. The lowest BCUT2D eigenvalue weighted by Gasteiger charge is -2.10. The highest BCUT2D eigenvalue weighted by molar-refractivity contribution is 7.98. The van der Waals surface area contributed by atoms with Gasteiger partial charge >= 0.3 is 0 Å². The molecule has 4 aromatic rings. The van der Waals surface area contributed by atoms with Crippen LogP contribution in [0.2, 0.25) is 5.02 Å². The van der Waals surface area contributed by atoms with Crippen molar-refractivity contribution in [1.29, 1.82) is 0 Å². The van der Waals surface area contributed by atoms with Gasteiger partial charge in [0.05, 0.1) is 23.4 Å². The van der Waals surface area contributed by atoms with Crippen LogP contribution in [0.4, 0.5) is 0 Å². The van der Waals surface area contributed by atoms with E-state index in [2.05, 4.69) is 34.9 Å². The van der Waals surface area contributed by atoms with E-state index in [1.165, 1.54) is 10.4 Å². The summed E-state index contributed by atoms with van der Waals surface area (Å²) in [5, 5.41) is 0.763. The van der Waals surface area contributed by atoms with E-state index in [0.29, 0.717) is 0 Å². The average Bonchev–Trinajstić information content (AvgIpc) is 3.11. The molecule has 5 heteroatoms. The van der Waals surface area contributed by atoms with Crippen LogP contribution in [0.25, 0.3) is 11.0 Å². The summed E-state index contributed by atoms with van der Waals surface area (Å²) in [6.45, 7) is 1.67. The molecule has 1 aromatic heterocycles. The number of ether oxygens (including phenoxy) is 1. The van der Waals surface area contributed by atoms with E-state index in [4.69, 9.17) is 21.3 Å². The molecule has 0 aliphatic rings. The Bertz CT molecular complexity index is 1050. The van der Waals surface area contributed by atoms with Gasteiger partial charge in [-0.3, -0.25) is 0 Å². The fraction of sp³-hybridized carbons (Fsp3) is 0.208. The number of hydrogen-bond donors (Lipinski definition) is 0. The Labute approximate surface area is 180 Å². The fourth-order valence-electron chi connectivity index (χ4n) is 3.24. The van der Waals surface area contributed by atoms with E-state index in [-0.39, 0.29) is 0 Å². The summed E-state index contributed by atoms with van der Waals surface area (Å²) < 4.78 is 8.17. The van der Waals surface area contributed by atoms with E-state index >= 15 is 0 Å². The summed E-state index contributed by atoms with van der Waals surface area (Å²) in [4.78, 5) is 6.07. The molecule has 0 fully saturated rings. The van der Waals surface area contributed by atoms with Crippen LogP contribution >= 0.6 is 23.4 Å². The van der Waals surface area contributed by atoms with Crippen molar-refractivity contribution in [3.8, 4) is 5.75 Å². The number of para-hydroxylation sites is 3. The van der Waals surface area contributed by atoms with Crippen LogP contribution in [-0.2, 0) is 12.3 Å². The van der Waals surface area contributed by atoms with Gasteiger partial charge in [-0.25, -0.2) is 4.98 Å². The molecule has 0 spiro atoms. The molecule has 1 heterocycles. The van der Waals surface area contributed by atoms with Crippen LogP contribution in [0.3, 0.4) is 0 Å². The molecule has 0 saturated heterocycles. The van der Waals surface area contributed by atoms with Crippen LogP contribution in [-0.4, -0.2) is 16.2 Å². The van der Waals surface area contributed by atoms with Gasteiger partial charge in [-0.05, 0) is 61.4 Å². The Hall–Kier alpha value is -2.43. The maximum Gasteiger partial charge on any atom is 0.120 e. The molecule has 0 N–H and O–H groups in total. The highest BCUT2D eigenvalue weighted by atomic mass is 35.5. The zero-order chi connectivity index (χ0) is 19.9. The first-order valence-electron chi connectivity index (χ1n) is 9.80. The Balaban J connectivity index is 1.38. The summed E-state index contributed by atoms with van der Waals surface area (Å²) in [5.41, 5.74) is 2.25.